The molecule has 0 saturated carbocycles. The van der Waals surface area contributed by atoms with Crippen LogP contribution in [0.5, 0.6) is 0 Å². The maximum Gasteiger partial charge on any atom is 0.227 e. The molecule has 0 aromatic carbocycles. The molecule has 3 N–H and O–H groups in total. The van der Waals surface area contributed by atoms with Crippen molar-refractivity contribution in [3.05, 3.63) is 0 Å². The number of nitrogens with zero attached hydrogens (tertiary/aromatic N) is 1. The number of hydrogen-bond acceptors (Lipinski definition) is 3. The van der Waals surface area contributed by atoms with Gasteiger partial charge in [0, 0.05) is 33.8 Å². The van der Waals surface area contributed by atoms with Crippen molar-refractivity contribution in [3.63, 3.8) is 0 Å². The average Bonchev–Trinajstić information content (AvgIpc) is 2.39. The third-order valence-electron chi connectivity index (χ3n) is 3.11. The molecular formula is C14H31IN4O2. The Balaban J connectivity index is 0. The molecule has 0 atom stereocenters. The second kappa shape index (κ2) is 10.2. The van der Waals surface area contributed by atoms with Crippen molar-refractivity contribution >= 4 is 35.8 Å². The highest BCUT2D eigenvalue weighted by molar-refractivity contribution is 14.0. The Hall–Kier alpha value is -0.570. The molecule has 0 radical (unpaired) electrons. The van der Waals surface area contributed by atoms with Gasteiger partial charge in [-0.05, 0) is 34.6 Å². The molecule has 1 amide bonds. The molecule has 126 valence electrons. The molecule has 0 unspecified atom stereocenters. The summed E-state index contributed by atoms with van der Waals surface area (Å²) in [7, 11) is 3.38. The van der Waals surface area contributed by atoms with Crippen LogP contribution >= 0.6 is 24.0 Å². The van der Waals surface area contributed by atoms with E-state index in [1.54, 1.807) is 14.2 Å². The van der Waals surface area contributed by atoms with Crippen molar-refractivity contribution in [2.24, 2.45) is 10.4 Å². The fraction of sp³-hybridized carbons (Fsp3) is 0.857. The van der Waals surface area contributed by atoms with Crippen LogP contribution in [0.15, 0.2) is 4.99 Å². The number of nitrogens with one attached hydrogen (secondary N) is 3. The summed E-state index contributed by atoms with van der Waals surface area (Å²) < 4.78 is 5.34. The van der Waals surface area contributed by atoms with Crippen LogP contribution in [0, 0.1) is 5.41 Å². The summed E-state index contributed by atoms with van der Waals surface area (Å²) in [5.74, 6) is 0.688. The van der Waals surface area contributed by atoms with Crippen LogP contribution in [0.3, 0.4) is 0 Å². The van der Waals surface area contributed by atoms with Crippen LogP contribution in [-0.4, -0.2) is 51.3 Å². The molecule has 0 rings (SSSR count). The fourth-order valence-electron chi connectivity index (χ4n) is 1.37. The Labute approximate surface area is 145 Å². The highest BCUT2D eigenvalue weighted by Crippen LogP contribution is 2.13. The number of amides is 1. The normalized spacial score (nSPS) is 12.4. The van der Waals surface area contributed by atoms with Crippen LogP contribution in [0.1, 0.15) is 34.6 Å². The summed E-state index contributed by atoms with van der Waals surface area (Å²) >= 11 is 0. The van der Waals surface area contributed by atoms with Crippen LogP contribution in [0.2, 0.25) is 0 Å². The van der Waals surface area contributed by atoms with Crippen LogP contribution in [0.25, 0.3) is 0 Å². The van der Waals surface area contributed by atoms with Crippen molar-refractivity contribution < 1.29 is 9.53 Å². The highest BCUT2D eigenvalue weighted by atomic mass is 127. The van der Waals surface area contributed by atoms with Gasteiger partial charge in [0.25, 0.3) is 0 Å². The molecule has 0 aromatic rings. The lowest BCUT2D eigenvalue weighted by Gasteiger charge is -2.27. The maximum atomic E-state index is 11.9. The minimum absolute atomic E-state index is 0. The molecule has 0 saturated heterocycles. The summed E-state index contributed by atoms with van der Waals surface area (Å²) in [6.07, 6.45) is 0. The number of hydrogen-bond donors (Lipinski definition) is 3. The lowest BCUT2D eigenvalue weighted by atomic mass is 9.92. The predicted molar refractivity (Wildman–Crippen MR) is 98.3 cm³/mol. The summed E-state index contributed by atoms with van der Waals surface area (Å²) in [5, 5.41) is 9.19. The maximum absolute atomic E-state index is 11.9. The molecular weight excluding hydrogens is 383 g/mol. The van der Waals surface area contributed by atoms with E-state index in [0.717, 1.165) is 0 Å². The summed E-state index contributed by atoms with van der Waals surface area (Å²) in [6.45, 7) is 11.5. The van der Waals surface area contributed by atoms with E-state index in [1.165, 1.54) is 0 Å². The number of aliphatic imine (C=N–C) groups is 1. The first-order valence-electron chi connectivity index (χ1n) is 6.96. The Morgan fingerprint density at radius 2 is 1.62 bits per heavy atom. The van der Waals surface area contributed by atoms with E-state index in [0.29, 0.717) is 25.6 Å². The van der Waals surface area contributed by atoms with Gasteiger partial charge in [-0.25, -0.2) is 0 Å². The average molecular weight is 414 g/mol. The minimum atomic E-state index is -0.496. The molecule has 21 heavy (non-hydrogen) atoms. The fourth-order valence-corrected chi connectivity index (χ4v) is 1.37. The van der Waals surface area contributed by atoms with E-state index in [9.17, 15) is 4.79 Å². The number of rotatable bonds is 7. The number of ether oxygens (including phenoxy) is 1. The van der Waals surface area contributed by atoms with Crippen molar-refractivity contribution in [2.45, 2.75) is 40.2 Å². The molecule has 0 aliphatic heterocycles. The molecule has 6 nitrogen and oxygen atoms in total. The molecule has 0 fully saturated rings. The summed E-state index contributed by atoms with van der Waals surface area (Å²) in [6, 6.07) is 0. The lowest BCUT2D eigenvalue weighted by molar-refractivity contribution is -0.128. The quantitative estimate of drug-likeness (QED) is 0.334. The molecule has 0 heterocycles. The van der Waals surface area contributed by atoms with Crippen molar-refractivity contribution in [1.82, 2.24) is 16.0 Å². The first kappa shape index (κ1) is 22.7. The minimum Gasteiger partial charge on any atom is -0.377 e. The van der Waals surface area contributed by atoms with Gasteiger partial charge in [0.05, 0.1) is 11.0 Å². The van der Waals surface area contributed by atoms with E-state index >= 15 is 0 Å². The monoisotopic (exact) mass is 414 g/mol. The number of guanidine groups is 1. The Morgan fingerprint density at radius 3 is 2.05 bits per heavy atom. The molecule has 7 heteroatoms. The first-order chi connectivity index (χ1) is 9.18. The van der Waals surface area contributed by atoms with Crippen molar-refractivity contribution in [1.29, 1.82) is 0 Å². The van der Waals surface area contributed by atoms with Gasteiger partial charge in [-0.3, -0.25) is 9.79 Å². The van der Waals surface area contributed by atoms with Crippen molar-refractivity contribution in [3.8, 4) is 0 Å². The van der Waals surface area contributed by atoms with E-state index in [1.807, 2.05) is 34.6 Å². The molecule has 0 aliphatic carbocycles. The second-order valence-corrected chi connectivity index (χ2v) is 5.99. The SMILES string of the molecule is CCNC(=O)C(C)(C)CNC(=NC)NCC(C)(C)OC.I. The van der Waals surface area contributed by atoms with Gasteiger partial charge in [0.15, 0.2) is 5.96 Å². The van der Waals surface area contributed by atoms with Crippen LogP contribution in [0.4, 0.5) is 0 Å². The Bertz CT molecular complexity index is 344. The molecule has 0 spiro atoms. The van der Waals surface area contributed by atoms with Gasteiger partial charge in [-0.2, -0.15) is 0 Å². The van der Waals surface area contributed by atoms with Gasteiger partial charge >= 0.3 is 0 Å². The summed E-state index contributed by atoms with van der Waals surface area (Å²) in [4.78, 5) is 16.0. The third kappa shape index (κ3) is 9.13. The van der Waals surface area contributed by atoms with E-state index in [-0.39, 0.29) is 35.5 Å². The van der Waals surface area contributed by atoms with Crippen molar-refractivity contribution in [2.75, 3.05) is 33.8 Å². The Morgan fingerprint density at radius 1 is 1.10 bits per heavy atom. The number of carbonyl (C=O) groups excluding carboxylic acids is 1. The van der Waals surface area contributed by atoms with Crippen LogP contribution in [-0.2, 0) is 9.53 Å². The molecule has 0 aromatic heterocycles. The van der Waals surface area contributed by atoms with Gasteiger partial charge in [0.1, 0.15) is 0 Å². The van der Waals surface area contributed by atoms with Crippen LogP contribution < -0.4 is 16.0 Å². The number of methoxy groups -OCH3 is 1. The number of halogens is 1. The van der Waals surface area contributed by atoms with Gasteiger partial charge < -0.3 is 20.7 Å². The topological polar surface area (TPSA) is 74.8 Å². The van der Waals surface area contributed by atoms with E-state index in [4.69, 9.17) is 4.74 Å². The zero-order valence-electron chi connectivity index (χ0n) is 14.3. The standard InChI is InChI=1S/C14H30N4O2.HI/c1-8-16-11(19)13(2,3)9-17-12(15-6)18-10-14(4,5)20-7;/h8-10H2,1-7H3,(H,16,19)(H2,15,17,18);1H. The van der Waals surface area contributed by atoms with Gasteiger partial charge in [-0.1, -0.05) is 0 Å². The smallest absolute Gasteiger partial charge is 0.227 e. The number of carbonyl (C=O) groups is 1. The third-order valence-corrected chi connectivity index (χ3v) is 3.11. The molecule has 0 aliphatic rings. The van der Waals surface area contributed by atoms with E-state index < -0.39 is 5.41 Å². The zero-order valence-corrected chi connectivity index (χ0v) is 16.6. The molecule has 0 bridgehead atoms. The zero-order chi connectivity index (χ0) is 15.8. The van der Waals surface area contributed by atoms with Gasteiger partial charge in [-0.15, -0.1) is 24.0 Å². The lowest BCUT2D eigenvalue weighted by Crippen LogP contribution is -2.50. The largest absolute Gasteiger partial charge is 0.377 e. The van der Waals surface area contributed by atoms with Gasteiger partial charge in [0.2, 0.25) is 5.91 Å². The van der Waals surface area contributed by atoms with E-state index in [2.05, 4.69) is 20.9 Å². The predicted octanol–water partition coefficient (Wildman–Crippen LogP) is 1.36. The first-order valence-corrected chi connectivity index (χ1v) is 6.96. The second-order valence-electron chi connectivity index (χ2n) is 5.99. The summed E-state index contributed by atoms with van der Waals surface area (Å²) in [5.41, 5.74) is -0.767. The Kier molecular flexibility index (Phi) is 11.0. The highest BCUT2D eigenvalue weighted by Gasteiger charge is 2.27.